The Morgan fingerprint density at radius 1 is 1.24 bits per heavy atom. The Morgan fingerprint density at radius 2 is 2.00 bits per heavy atom. The Balaban J connectivity index is 2.19. The molecule has 1 atom stereocenters. The van der Waals surface area contributed by atoms with Crippen molar-refractivity contribution in [3.05, 3.63) is 42.1 Å². The number of benzene rings is 1. The number of likely N-dealkylation sites (N-methyl/N-ethyl adjacent to an activating group) is 1. The van der Waals surface area contributed by atoms with Gasteiger partial charge >= 0.3 is 0 Å². The third-order valence-electron chi connectivity index (χ3n) is 3.67. The first-order chi connectivity index (χ1) is 10.1. The van der Waals surface area contributed by atoms with Crippen molar-refractivity contribution in [3.8, 4) is 0 Å². The van der Waals surface area contributed by atoms with E-state index >= 15 is 0 Å². The molecule has 2 aromatic rings. The first kappa shape index (κ1) is 15.9. The summed E-state index contributed by atoms with van der Waals surface area (Å²) in [5, 5.41) is 1.15. The predicted octanol–water partition coefficient (Wildman–Crippen LogP) is 2.59. The number of para-hydroxylation sites is 1. The molecule has 0 spiro atoms. The minimum Gasteiger partial charge on any atom is -0.377 e. The molecule has 0 saturated heterocycles. The number of pyridine rings is 1. The van der Waals surface area contributed by atoms with Crippen LogP contribution >= 0.6 is 0 Å². The topological polar surface area (TPSA) is 51.4 Å². The lowest BCUT2D eigenvalue weighted by Gasteiger charge is -2.28. The van der Waals surface area contributed by atoms with E-state index in [0.29, 0.717) is 13.2 Å². The van der Waals surface area contributed by atoms with Crippen molar-refractivity contribution < 1.29 is 4.74 Å². The van der Waals surface area contributed by atoms with Gasteiger partial charge in [-0.1, -0.05) is 24.3 Å². The zero-order valence-corrected chi connectivity index (χ0v) is 13.1. The highest BCUT2D eigenvalue weighted by atomic mass is 16.5. The summed E-state index contributed by atoms with van der Waals surface area (Å²) in [5.74, 6) is 0. The molecule has 1 aromatic carbocycles. The van der Waals surface area contributed by atoms with Gasteiger partial charge in [-0.3, -0.25) is 9.88 Å². The van der Waals surface area contributed by atoms with Gasteiger partial charge in [0, 0.05) is 30.7 Å². The zero-order valence-electron chi connectivity index (χ0n) is 13.1. The molecule has 0 amide bonds. The quantitative estimate of drug-likeness (QED) is 0.850. The maximum absolute atomic E-state index is 6.02. The fourth-order valence-corrected chi connectivity index (χ4v) is 2.53. The molecule has 0 radical (unpaired) electrons. The summed E-state index contributed by atoms with van der Waals surface area (Å²) in [5.41, 5.74) is 8.24. The van der Waals surface area contributed by atoms with Crippen molar-refractivity contribution in [2.45, 2.75) is 26.0 Å². The summed E-state index contributed by atoms with van der Waals surface area (Å²) in [6, 6.07) is 10.5. The molecule has 0 bridgehead atoms. The van der Waals surface area contributed by atoms with E-state index in [1.165, 1.54) is 5.56 Å². The second kappa shape index (κ2) is 7.50. The van der Waals surface area contributed by atoms with Crippen LogP contribution in [0.25, 0.3) is 10.9 Å². The lowest BCUT2D eigenvalue weighted by Crippen LogP contribution is -2.33. The van der Waals surface area contributed by atoms with Crippen LogP contribution in [-0.4, -0.2) is 42.7 Å². The van der Waals surface area contributed by atoms with E-state index in [9.17, 15) is 0 Å². The number of nitrogens with zero attached hydrogens (tertiary/aromatic N) is 2. The minimum atomic E-state index is 0.152. The predicted molar refractivity (Wildman–Crippen MR) is 87.3 cm³/mol. The van der Waals surface area contributed by atoms with Crippen molar-refractivity contribution in [3.63, 3.8) is 0 Å². The van der Waals surface area contributed by atoms with E-state index in [1.54, 1.807) is 0 Å². The highest BCUT2D eigenvalue weighted by Gasteiger charge is 2.18. The van der Waals surface area contributed by atoms with Crippen LogP contribution in [0, 0.1) is 0 Å². The molecule has 4 heteroatoms. The average molecular weight is 287 g/mol. The van der Waals surface area contributed by atoms with Crippen molar-refractivity contribution in [1.29, 1.82) is 0 Å². The average Bonchev–Trinajstić information content (AvgIpc) is 2.48. The maximum atomic E-state index is 6.02. The Kier molecular flexibility index (Phi) is 5.67. The molecular weight excluding hydrogens is 262 g/mol. The molecule has 21 heavy (non-hydrogen) atoms. The molecule has 1 unspecified atom stereocenters. The van der Waals surface area contributed by atoms with Gasteiger partial charge in [0.05, 0.1) is 18.2 Å². The fraction of sp³-hybridized carbons (Fsp3) is 0.471. The standard InChI is InChI=1S/C17H25N3O/c1-13(2)21-11-10-20(3)16(12-18)15-8-4-6-14-7-5-9-19-17(14)15/h4-9,13,16H,10-12,18H2,1-3H3. The van der Waals surface area contributed by atoms with E-state index in [0.717, 1.165) is 17.4 Å². The highest BCUT2D eigenvalue weighted by molar-refractivity contribution is 5.82. The monoisotopic (exact) mass is 287 g/mol. The van der Waals surface area contributed by atoms with Crippen molar-refractivity contribution in [2.24, 2.45) is 5.73 Å². The molecule has 0 saturated carbocycles. The van der Waals surface area contributed by atoms with Crippen LogP contribution in [0.3, 0.4) is 0 Å². The molecule has 1 heterocycles. The van der Waals surface area contributed by atoms with E-state index in [2.05, 4.69) is 55.0 Å². The van der Waals surface area contributed by atoms with Gasteiger partial charge in [-0.2, -0.15) is 0 Å². The van der Waals surface area contributed by atoms with E-state index in [-0.39, 0.29) is 12.1 Å². The molecule has 0 aliphatic rings. The Bertz CT molecular complexity index is 565. The van der Waals surface area contributed by atoms with Crippen LogP contribution in [0.2, 0.25) is 0 Å². The molecule has 114 valence electrons. The second-order valence-corrected chi connectivity index (χ2v) is 5.57. The first-order valence-corrected chi connectivity index (χ1v) is 7.49. The first-order valence-electron chi connectivity index (χ1n) is 7.49. The molecule has 2 rings (SSSR count). The van der Waals surface area contributed by atoms with Crippen LogP contribution in [0.1, 0.15) is 25.5 Å². The maximum Gasteiger partial charge on any atom is 0.0750 e. The highest BCUT2D eigenvalue weighted by Crippen LogP contribution is 2.25. The summed E-state index contributed by atoms with van der Waals surface area (Å²) in [4.78, 5) is 6.77. The molecule has 0 aliphatic heterocycles. The second-order valence-electron chi connectivity index (χ2n) is 5.57. The number of nitrogens with two attached hydrogens (primary N) is 1. The third-order valence-corrected chi connectivity index (χ3v) is 3.67. The normalized spacial score (nSPS) is 13.2. The van der Waals surface area contributed by atoms with Gasteiger partial charge in [-0.25, -0.2) is 0 Å². The molecular formula is C17H25N3O. The lowest BCUT2D eigenvalue weighted by molar-refractivity contribution is 0.0565. The molecule has 0 aliphatic carbocycles. The van der Waals surface area contributed by atoms with Gasteiger partial charge in [0.2, 0.25) is 0 Å². The number of hydrogen-bond donors (Lipinski definition) is 1. The summed E-state index contributed by atoms with van der Waals surface area (Å²) >= 11 is 0. The summed E-state index contributed by atoms with van der Waals surface area (Å²) < 4.78 is 5.63. The van der Waals surface area contributed by atoms with E-state index < -0.39 is 0 Å². The SMILES string of the molecule is CC(C)OCCN(C)C(CN)c1cccc2cccnc12. The van der Waals surface area contributed by atoms with Crippen LogP contribution in [0.5, 0.6) is 0 Å². The van der Waals surface area contributed by atoms with Gasteiger partial charge in [0.25, 0.3) is 0 Å². The van der Waals surface area contributed by atoms with Crippen LogP contribution in [0.4, 0.5) is 0 Å². The largest absolute Gasteiger partial charge is 0.377 e. The summed E-state index contributed by atoms with van der Waals surface area (Å²) in [6.45, 7) is 6.23. The Labute approximate surface area is 126 Å². The van der Waals surface area contributed by atoms with Crippen molar-refractivity contribution in [1.82, 2.24) is 9.88 Å². The third kappa shape index (κ3) is 4.00. The zero-order chi connectivity index (χ0) is 15.2. The van der Waals surface area contributed by atoms with Gasteiger partial charge in [-0.15, -0.1) is 0 Å². The van der Waals surface area contributed by atoms with Crippen LogP contribution in [-0.2, 0) is 4.74 Å². The number of rotatable bonds is 7. The van der Waals surface area contributed by atoms with Gasteiger partial charge < -0.3 is 10.5 Å². The van der Waals surface area contributed by atoms with Gasteiger partial charge in [0.15, 0.2) is 0 Å². The Hall–Kier alpha value is -1.49. The summed E-state index contributed by atoms with van der Waals surface area (Å²) in [6.07, 6.45) is 2.09. The van der Waals surface area contributed by atoms with Crippen molar-refractivity contribution in [2.75, 3.05) is 26.7 Å². The van der Waals surface area contributed by atoms with Gasteiger partial charge in [-0.05, 0) is 32.5 Å². The Morgan fingerprint density at radius 3 is 2.71 bits per heavy atom. The lowest BCUT2D eigenvalue weighted by atomic mass is 10.0. The molecule has 4 nitrogen and oxygen atoms in total. The molecule has 1 aromatic heterocycles. The minimum absolute atomic E-state index is 0.152. The molecule has 0 fully saturated rings. The van der Waals surface area contributed by atoms with Crippen molar-refractivity contribution >= 4 is 10.9 Å². The van der Waals surface area contributed by atoms with Crippen LogP contribution in [0.15, 0.2) is 36.5 Å². The number of fused-ring (bicyclic) bond motifs is 1. The number of hydrogen-bond acceptors (Lipinski definition) is 4. The van der Waals surface area contributed by atoms with E-state index in [1.807, 2.05) is 12.3 Å². The van der Waals surface area contributed by atoms with E-state index in [4.69, 9.17) is 10.5 Å². The van der Waals surface area contributed by atoms with Crippen LogP contribution < -0.4 is 5.73 Å². The number of ether oxygens (including phenoxy) is 1. The van der Waals surface area contributed by atoms with Gasteiger partial charge in [0.1, 0.15) is 0 Å². The number of aromatic nitrogens is 1. The molecule has 2 N–H and O–H groups in total. The summed E-state index contributed by atoms with van der Waals surface area (Å²) in [7, 11) is 2.09. The fourth-order valence-electron chi connectivity index (χ4n) is 2.53. The smallest absolute Gasteiger partial charge is 0.0750 e.